The second-order valence-corrected chi connectivity index (χ2v) is 17.8. The molecular weight excluding hydrogens is 753 g/mol. The van der Waals surface area contributed by atoms with Crippen LogP contribution in [0.3, 0.4) is 0 Å². The number of epoxide rings is 1. The van der Waals surface area contributed by atoms with Gasteiger partial charge in [-0.2, -0.15) is 0 Å². The van der Waals surface area contributed by atoms with E-state index in [0.717, 1.165) is 22.3 Å². The molecule has 11 heteroatoms. The number of aliphatic carboxylic acids is 2. The third-order valence-electron chi connectivity index (χ3n) is 11.3. The number of carbonyl (C=O) groups excluding carboxylic acids is 3. The molecule has 11 nitrogen and oxygen atoms in total. The number of fused-ring (bicyclic) bond motifs is 1. The quantitative estimate of drug-likeness (QED) is 0.0446. The number of ether oxygens (including phenoxy) is 3. The highest BCUT2D eigenvalue weighted by atomic mass is 16.6. The highest BCUT2D eigenvalue weighted by Gasteiger charge is 2.76. The smallest absolute Gasteiger partial charge is 0.332 e. The number of ketones is 1. The second kappa shape index (κ2) is 19.3. The Bertz CT molecular complexity index is 1980. The van der Waals surface area contributed by atoms with Gasteiger partial charge in [-0.15, -0.1) is 5.73 Å². The molecule has 0 radical (unpaired) electrons. The SMILES string of the molecule is CC(=O)OC1CC(C)(C)C(=C=CC(C)=CC=CC(C)=CC=CC=C(C)C=CC=C(C)C(=O)CC23OC2(C)CC(OC(=O)C=C(CC(=O)O)C(=O)O)CC3(C)C)[C@](C)(O)C1. The minimum Gasteiger partial charge on any atom is -0.481 e. The molecule has 0 aromatic carbocycles. The van der Waals surface area contributed by atoms with Crippen molar-refractivity contribution in [1.29, 1.82) is 0 Å². The number of carbonyl (C=O) groups is 5. The zero-order chi connectivity index (χ0) is 44.6. The summed E-state index contributed by atoms with van der Waals surface area (Å²) in [5.74, 6) is -4.21. The van der Waals surface area contributed by atoms with E-state index in [1.807, 2.05) is 116 Å². The number of aliphatic hydroxyl groups is 1. The fraction of sp³-hybridized carbons (Fsp3) is 0.500. The van der Waals surface area contributed by atoms with Gasteiger partial charge in [-0.25, -0.2) is 9.59 Å². The fourth-order valence-corrected chi connectivity index (χ4v) is 8.50. The topological polar surface area (TPSA) is 177 Å². The summed E-state index contributed by atoms with van der Waals surface area (Å²) in [6.07, 6.45) is 21.9. The van der Waals surface area contributed by atoms with E-state index in [2.05, 4.69) is 5.73 Å². The van der Waals surface area contributed by atoms with Crippen LogP contribution in [0.4, 0.5) is 0 Å². The Morgan fingerprint density at radius 3 is 1.83 bits per heavy atom. The molecule has 0 spiro atoms. The van der Waals surface area contributed by atoms with E-state index in [9.17, 15) is 34.2 Å². The summed E-state index contributed by atoms with van der Waals surface area (Å²) in [4.78, 5) is 59.7. The number of hydrogen-bond acceptors (Lipinski definition) is 9. The van der Waals surface area contributed by atoms with Crippen molar-refractivity contribution in [2.45, 2.75) is 144 Å². The van der Waals surface area contributed by atoms with Crippen LogP contribution in [0.1, 0.15) is 115 Å². The van der Waals surface area contributed by atoms with Gasteiger partial charge in [0.2, 0.25) is 0 Å². The number of carboxylic acid groups (broad SMARTS) is 2. The zero-order valence-corrected chi connectivity index (χ0v) is 36.4. The van der Waals surface area contributed by atoms with E-state index >= 15 is 0 Å². The monoisotopic (exact) mass is 814 g/mol. The van der Waals surface area contributed by atoms with Gasteiger partial charge in [0.15, 0.2) is 5.78 Å². The Morgan fingerprint density at radius 2 is 1.31 bits per heavy atom. The third kappa shape index (κ3) is 13.2. The molecule has 3 N–H and O–H groups in total. The molecule has 2 aliphatic carbocycles. The molecule has 1 saturated heterocycles. The van der Waals surface area contributed by atoms with Crippen molar-refractivity contribution in [2.24, 2.45) is 10.8 Å². The maximum Gasteiger partial charge on any atom is 0.332 e. The highest BCUT2D eigenvalue weighted by Crippen LogP contribution is 2.67. The molecule has 0 amide bonds. The zero-order valence-electron chi connectivity index (χ0n) is 36.4. The van der Waals surface area contributed by atoms with Crippen LogP contribution in [0.25, 0.3) is 0 Å². The van der Waals surface area contributed by atoms with E-state index < -0.39 is 58.2 Å². The number of Topliss-reactive ketones (excluding diaryl/α,β-unsaturated/α-hetero) is 1. The van der Waals surface area contributed by atoms with Crippen LogP contribution < -0.4 is 0 Å². The number of carboxylic acids is 2. The minimum absolute atomic E-state index is 0.0603. The molecule has 2 saturated carbocycles. The normalized spacial score (nSPS) is 28.6. The summed E-state index contributed by atoms with van der Waals surface area (Å²) in [7, 11) is 0. The molecule has 3 aliphatic rings. The third-order valence-corrected chi connectivity index (χ3v) is 11.3. The van der Waals surface area contributed by atoms with E-state index in [-0.39, 0.29) is 29.7 Å². The molecule has 4 unspecified atom stereocenters. The van der Waals surface area contributed by atoms with Crippen LogP contribution in [-0.4, -0.2) is 74.0 Å². The highest BCUT2D eigenvalue weighted by molar-refractivity contribution is 5.98. The lowest BCUT2D eigenvalue weighted by Gasteiger charge is -2.44. The summed E-state index contributed by atoms with van der Waals surface area (Å²) in [5, 5.41) is 29.3. The number of allylic oxidation sites excluding steroid dienone is 14. The predicted molar refractivity (Wildman–Crippen MR) is 226 cm³/mol. The van der Waals surface area contributed by atoms with Gasteiger partial charge in [0.1, 0.15) is 17.8 Å². The molecule has 59 heavy (non-hydrogen) atoms. The van der Waals surface area contributed by atoms with Crippen molar-refractivity contribution in [1.82, 2.24) is 0 Å². The van der Waals surface area contributed by atoms with Gasteiger partial charge in [0.25, 0.3) is 0 Å². The summed E-state index contributed by atoms with van der Waals surface area (Å²) in [6.45, 7) is 20.7. The largest absolute Gasteiger partial charge is 0.481 e. The maximum atomic E-state index is 13.4. The fourth-order valence-electron chi connectivity index (χ4n) is 8.50. The maximum absolute atomic E-state index is 13.4. The van der Waals surface area contributed by atoms with Gasteiger partial charge >= 0.3 is 23.9 Å². The number of rotatable bonds is 16. The van der Waals surface area contributed by atoms with Crippen molar-refractivity contribution in [2.75, 3.05) is 0 Å². The molecule has 0 aromatic heterocycles. The van der Waals surface area contributed by atoms with Crippen molar-refractivity contribution < 1.29 is 53.5 Å². The molecule has 3 rings (SSSR count). The van der Waals surface area contributed by atoms with Gasteiger partial charge in [-0.3, -0.25) is 14.4 Å². The van der Waals surface area contributed by atoms with Gasteiger partial charge in [0.05, 0.1) is 23.2 Å². The van der Waals surface area contributed by atoms with E-state index in [4.69, 9.17) is 19.3 Å². The van der Waals surface area contributed by atoms with Crippen molar-refractivity contribution in [3.63, 3.8) is 0 Å². The van der Waals surface area contributed by atoms with E-state index in [1.54, 1.807) is 19.9 Å². The van der Waals surface area contributed by atoms with E-state index in [1.165, 1.54) is 6.92 Å². The number of hydrogen-bond donors (Lipinski definition) is 3. The van der Waals surface area contributed by atoms with Gasteiger partial charge < -0.3 is 29.5 Å². The van der Waals surface area contributed by atoms with Crippen LogP contribution >= 0.6 is 0 Å². The van der Waals surface area contributed by atoms with Crippen molar-refractivity contribution in [3.05, 3.63) is 112 Å². The first-order valence-electron chi connectivity index (χ1n) is 19.9. The van der Waals surface area contributed by atoms with Crippen LogP contribution in [-0.2, 0) is 38.2 Å². The Hall–Kier alpha value is -5.09. The Kier molecular flexibility index (Phi) is 15.8. The van der Waals surface area contributed by atoms with Gasteiger partial charge in [-0.1, -0.05) is 99.6 Å². The van der Waals surface area contributed by atoms with Crippen LogP contribution in [0.15, 0.2) is 112 Å². The summed E-state index contributed by atoms with van der Waals surface area (Å²) in [6, 6.07) is 0. The Balaban J connectivity index is 1.55. The molecule has 3 fully saturated rings. The standard InChI is InChI=1S/C48H62O11/c1-31(18-14-19-33(3)22-23-40-44(6,7)26-37(57-35(5)49)28-46(40,10)56)16-12-13-17-32(2)20-15-21-34(4)39(50)30-48-45(8,9)27-38(29-47(48,11)59-48)58-42(53)25-36(43(54)55)24-41(51)52/h12-22,25,37-38,56H,24,26-30H2,1-11H3,(H,51,52)(H,54,55)/t23?,37?,38?,46-,47?,48?/m1/s1. The molecule has 320 valence electrons. The van der Waals surface area contributed by atoms with Gasteiger partial charge in [-0.05, 0) is 77.0 Å². The molecule has 5 atom stereocenters. The summed E-state index contributed by atoms with van der Waals surface area (Å²) < 4.78 is 17.2. The Labute approximate surface area is 349 Å². The molecular formula is C48H62O11. The summed E-state index contributed by atoms with van der Waals surface area (Å²) in [5.41, 5.74) is 3.55. The lowest BCUT2D eigenvalue weighted by Crippen LogP contribution is -2.49. The molecule has 0 aromatic rings. The summed E-state index contributed by atoms with van der Waals surface area (Å²) >= 11 is 0. The lowest BCUT2D eigenvalue weighted by molar-refractivity contribution is -0.153. The molecule has 1 heterocycles. The average Bonchev–Trinajstić information content (AvgIpc) is 3.69. The Morgan fingerprint density at radius 1 is 0.746 bits per heavy atom. The predicted octanol–water partition coefficient (Wildman–Crippen LogP) is 8.73. The van der Waals surface area contributed by atoms with Crippen LogP contribution in [0.5, 0.6) is 0 Å². The first-order valence-corrected chi connectivity index (χ1v) is 19.9. The first kappa shape index (κ1) is 48.3. The average molecular weight is 815 g/mol. The second-order valence-electron chi connectivity index (χ2n) is 17.8. The van der Waals surface area contributed by atoms with Crippen LogP contribution in [0, 0.1) is 10.8 Å². The van der Waals surface area contributed by atoms with Crippen LogP contribution in [0.2, 0.25) is 0 Å². The van der Waals surface area contributed by atoms with E-state index in [0.29, 0.717) is 37.3 Å². The van der Waals surface area contributed by atoms with Crippen molar-refractivity contribution >= 4 is 29.7 Å². The van der Waals surface area contributed by atoms with Crippen molar-refractivity contribution in [3.8, 4) is 0 Å². The number of esters is 2. The molecule has 1 aliphatic heterocycles. The lowest BCUT2D eigenvalue weighted by atomic mass is 9.61. The first-order chi connectivity index (χ1) is 27.2. The van der Waals surface area contributed by atoms with Gasteiger partial charge in [0, 0.05) is 43.3 Å². The molecule has 0 bridgehead atoms. The minimum atomic E-state index is -1.51.